The number of anilines is 2. The molecular formula is C15H13F3N6O2. The molecule has 11 heteroatoms. The highest BCUT2D eigenvalue weighted by molar-refractivity contribution is 5.92. The van der Waals surface area contributed by atoms with Gasteiger partial charge in [-0.15, -0.1) is 0 Å². The molecule has 26 heavy (non-hydrogen) atoms. The van der Waals surface area contributed by atoms with Crippen molar-refractivity contribution in [2.75, 3.05) is 22.9 Å². The number of pyridine rings is 1. The van der Waals surface area contributed by atoms with Crippen LogP contribution in [0.2, 0.25) is 0 Å². The first kappa shape index (κ1) is 16.5. The van der Waals surface area contributed by atoms with Crippen LogP contribution in [0.1, 0.15) is 15.9 Å². The molecule has 8 nitrogen and oxygen atoms in total. The van der Waals surface area contributed by atoms with Crippen molar-refractivity contribution in [2.24, 2.45) is 0 Å². The van der Waals surface area contributed by atoms with Gasteiger partial charge in [-0.3, -0.25) is 10.0 Å². The van der Waals surface area contributed by atoms with Crippen LogP contribution in [-0.2, 0) is 6.18 Å². The number of amides is 1. The summed E-state index contributed by atoms with van der Waals surface area (Å²) in [6.07, 6.45) is -0.641. The Kier molecular flexibility index (Phi) is 3.68. The van der Waals surface area contributed by atoms with Crippen LogP contribution in [0.15, 0.2) is 30.7 Å². The van der Waals surface area contributed by atoms with E-state index < -0.39 is 17.6 Å². The average molecular weight is 366 g/mol. The second-order valence-electron chi connectivity index (χ2n) is 6.05. The van der Waals surface area contributed by atoms with Crippen molar-refractivity contribution in [2.45, 2.75) is 18.3 Å². The Morgan fingerprint density at radius 1 is 1.15 bits per heavy atom. The minimum Gasteiger partial charge on any atom is -0.348 e. The number of nitrogens with zero attached hydrogens (tertiary/aromatic N) is 5. The molecule has 2 N–H and O–H groups in total. The molecule has 2 aliphatic rings. The number of carbonyl (C=O) groups excluding carboxylic acids is 1. The maximum Gasteiger partial charge on any atom is 0.416 e. The summed E-state index contributed by atoms with van der Waals surface area (Å²) in [5.41, 5.74) is 0.900. The fourth-order valence-corrected chi connectivity index (χ4v) is 3.15. The number of nitrogens with one attached hydrogen (secondary N) is 1. The van der Waals surface area contributed by atoms with Gasteiger partial charge in [-0.05, 0) is 12.1 Å². The van der Waals surface area contributed by atoms with Crippen LogP contribution in [0.4, 0.5) is 24.9 Å². The van der Waals surface area contributed by atoms with Gasteiger partial charge in [0.1, 0.15) is 5.82 Å². The zero-order valence-corrected chi connectivity index (χ0v) is 13.2. The lowest BCUT2D eigenvalue weighted by molar-refractivity contribution is -0.137. The van der Waals surface area contributed by atoms with Crippen molar-refractivity contribution in [3.05, 3.63) is 41.9 Å². The Labute approximate surface area is 145 Å². The van der Waals surface area contributed by atoms with E-state index in [1.807, 2.05) is 9.80 Å². The van der Waals surface area contributed by atoms with Gasteiger partial charge in [-0.1, -0.05) is 0 Å². The molecule has 1 amide bonds. The number of hydrogen-bond donors (Lipinski definition) is 2. The molecule has 0 radical (unpaired) electrons. The summed E-state index contributed by atoms with van der Waals surface area (Å²) >= 11 is 0. The number of hydroxylamine groups is 1. The van der Waals surface area contributed by atoms with Crippen LogP contribution in [0.5, 0.6) is 0 Å². The Morgan fingerprint density at radius 3 is 2.38 bits per heavy atom. The molecule has 2 fully saturated rings. The molecule has 0 aromatic carbocycles. The molecular weight excluding hydrogens is 353 g/mol. The average Bonchev–Trinajstić information content (AvgIpc) is 2.62. The van der Waals surface area contributed by atoms with Gasteiger partial charge in [-0.25, -0.2) is 20.4 Å². The molecule has 1 unspecified atom stereocenters. The number of hydrogen-bond acceptors (Lipinski definition) is 7. The number of carbonyl (C=O) groups is 1. The molecule has 0 saturated carbocycles. The van der Waals surface area contributed by atoms with Crippen molar-refractivity contribution < 1.29 is 23.2 Å². The fraction of sp³-hybridized carbons (Fsp3) is 0.333. The first-order valence-corrected chi connectivity index (χ1v) is 7.71. The van der Waals surface area contributed by atoms with Gasteiger partial charge in [0, 0.05) is 31.7 Å². The lowest BCUT2D eigenvalue weighted by atomic mass is 9.86. The summed E-state index contributed by atoms with van der Waals surface area (Å²) in [6.45, 7) is 1.06. The molecule has 2 aromatic heterocycles. The van der Waals surface area contributed by atoms with Gasteiger partial charge >= 0.3 is 6.18 Å². The van der Waals surface area contributed by atoms with Crippen LogP contribution >= 0.6 is 0 Å². The first-order chi connectivity index (χ1) is 12.4. The van der Waals surface area contributed by atoms with E-state index in [9.17, 15) is 18.0 Å². The SMILES string of the molecule is O=C(NO)c1cnc(N2CC3[C@H]2CN3c2cc(C(F)(F)F)ccn2)nc1. The topological polar surface area (TPSA) is 94.5 Å². The van der Waals surface area contributed by atoms with E-state index in [-0.39, 0.29) is 17.6 Å². The minimum absolute atomic E-state index is 0.0509. The highest BCUT2D eigenvalue weighted by atomic mass is 19.4. The largest absolute Gasteiger partial charge is 0.416 e. The highest BCUT2D eigenvalue weighted by Gasteiger charge is 2.53. The van der Waals surface area contributed by atoms with E-state index in [4.69, 9.17) is 5.21 Å². The Bertz CT molecular complexity index is 844. The molecule has 4 heterocycles. The van der Waals surface area contributed by atoms with Crippen LogP contribution in [0, 0.1) is 0 Å². The van der Waals surface area contributed by atoms with Gasteiger partial charge in [0.2, 0.25) is 5.95 Å². The van der Waals surface area contributed by atoms with E-state index in [0.717, 1.165) is 18.3 Å². The smallest absolute Gasteiger partial charge is 0.348 e. The van der Waals surface area contributed by atoms with Crippen LogP contribution in [0.25, 0.3) is 0 Å². The molecule has 0 aliphatic carbocycles. The second kappa shape index (κ2) is 5.80. The van der Waals surface area contributed by atoms with Gasteiger partial charge < -0.3 is 9.80 Å². The van der Waals surface area contributed by atoms with Gasteiger partial charge in [0.25, 0.3) is 5.91 Å². The minimum atomic E-state index is -4.40. The number of aromatic nitrogens is 3. The maximum atomic E-state index is 12.8. The van der Waals surface area contributed by atoms with E-state index in [2.05, 4.69) is 15.0 Å². The summed E-state index contributed by atoms with van der Waals surface area (Å²) in [4.78, 5) is 27.2. The Hall–Kier alpha value is -2.95. The second-order valence-corrected chi connectivity index (χ2v) is 6.05. The van der Waals surface area contributed by atoms with E-state index >= 15 is 0 Å². The Morgan fingerprint density at radius 2 is 1.81 bits per heavy atom. The Balaban J connectivity index is 1.43. The van der Waals surface area contributed by atoms with Crippen molar-refractivity contribution in [1.29, 1.82) is 0 Å². The third-order valence-electron chi connectivity index (χ3n) is 4.64. The zero-order valence-electron chi connectivity index (χ0n) is 13.2. The first-order valence-electron chi connectivity index (χ1n) is 7.71. The maximum absolute atomic E-state index is 12.8. The standard InChI is InChI=1S/C15H13F3N6O2/c16-15(17,18)9-1-2-19-12(3-9)23-6-11-10(23)7-24(11)14-20-4-8(5-21-14)13(25)22-26/h1-5,10-11,26H,6-7H2,(H,22,25)/t10?,11-/m1/s1. The third-order valence-corrected chi connectivity index (χ3v) is 4.64. The molecule has 4 rings (SSSR count). The van der Waals surface area contributed by atoms with Crippen LogP contribution in [-0.4, -0.2) is 51.2 Å². The quantitative estimate of drug-likeness (QED) is 0.620. The fourth-order valence-electron chi connectivity index (χ4n) is 3.15. The van der Waals surface area contributed by atoms with Crippen molar-refractivity contribution in [3.63, 3.8) is 0 Å². The number of rotatable bonds is 3. The normalized spacial score (nSPS) is 21.5. The number of fused-ring (bicyclic) bond motifs is 1. The van der Waals surface area contributed by atoms with Crippen molar-refractivity contribution in [3.8, 4) is 0 Å². The molecule has 2 atom stereocenters. The summed E-state index contributed by atoms with van der Waals surface area (Å²) in [5, 5.41) is 8.57. The predicted molar refractivity (Wildman–Crippen MR) is 82.8 cm³/mol. The van der Waals surface area contributed by atoms with E-state index in [1.54, 1.807) is 0 Å². The summed E-state index contributed by atoms with van der Waals surface area (Å²) in [6, 6.07) is 2.14. The summed E-state index contributed by atoms with van der Waals surface area (Å²) in [7, 11) is 0. The number of halogens is 3. The zero-order chi connectivity index (χ0) is 18.5. The summed E-state index contributed by atoms with van der Waals surface area (Å²) in [5.74, 6) is 0.0254. The van der Waals surface area contributed by atoms with Crippen molar-refractivity contribution >= 4 is 17.7 Å². The van der Waals surface area contributed by atoms with Crippen molar-refractivity contribution in [1.82, 2.24) is 20.4 Å². The highest BCUT2D eigenvalue weighted by Crippen LogP contribution is 2.39. The van der Waals surface area contributed by atoms with Gasteiger partial charge in [0.15, 0.2) is 0 Å². The molecule has 0 bridgehead atoms. The molecule has 0 spiro atoms. The monoisotopic (exact) mass is 366 g/mol. The van der Waals surface area contributed by atoms with E-state index in [0.29, 0.717) is 24.9 Å². The molecule has 2 saturated heterocycles. The molecule has 2 aliphatic heterocycles. The van der Waals surface area contributed by atoms with Crippen LogP contribution < -0.4 is 15.3 Å². The predicted octanol–water partition coefficient (Wildman–Crippen LogP) is 1.09. The van der Waals surface area contributed by atoms with E-state index in [1.165, 1.54) is 17.9 Å². The summed E-state index contributed by atoms with van der Waals surface area (Å²) < 4.78 is 38.5. The lowest BCUT2D eigenvalue weighted by Gasteiger charge is -2.62. The van der Waals surface area contributed by atoms with Crippen LogP contribution in [0.3, 0.4) is 0 Å². The molecule has 136 valence electrons. The van der Waals surface area contributed by atoms with Gasteiger partial charge in [-0.2, -0.15) is 13.2 Å². The van der Waals surface area contributed by atoms with Gasteiger partial charge in [0.05, 0.1) is 23.2 Å². The molecule has 2 aromatic rings. The lowest BCUT2D eigenvalue weighted by Crippen LogP contribution is -2.80. The number of piperazine rings is 1. The third kappa shape index (κ3) is 2.60. The number of alkyl halides is 3.